The Balaban J connectivity index is 1.88. The van der Waals surface area contributed by atoms with E-state index in [1.165, 1.54) is 5.57 Å². The first-order valence-electron chi connectivity index (χ1n) is 9.35. The van der Waals surface area contributed by atoms with E-state index in [2.05, 4.69) is 6.07 Å². The van der Waals surface area contributed by atoms with Crippen molar-refractivity contribution in [2.75, 3.05) is 26.9 Å². The second kappa shape index (κ2) is 11.1. The number of carbonyl (C=O) groups is 1. The highest BCUT2D eigenvalue weighted by molar-refractivity contribution is 5.94. The summed E-state index contributed by atoms with van der Waals surface area (Å²) in [6, 6.07) is 2.06. The van der Waals surface area contributed by atoms with Gasteiger partial charge in [-0.1, -0.05) is 11.6 Å². The Morgan fingerprint density at radius 3 is 2.92 bits per heavy atom. The Kier molecular flexibility index (Phi) is 8.71. The van der Waals surface area contributed by atoms with E-state index in [4.69, 9.17) is 14.2 Å². The molecular formula is C20H29NO4. The second-order valence-corrected chi connectivity index (χ2v) is 6.68. The number of nitriles is 1. The lowest BCUT2D eigenvalue weighted by Gasteiger charge is -2.16. The Bertz CT molecular complexity index is 538. The first-order valence-corrected chi connectivity index (χ1v) is 9.35. The Morgan fingerprint density at radius 2 is 2.20 bits per heavy atom. The van der Waals surface area contributed by atoms with Crippen LogP contribution in [-0.4, -0.2) is 39.0 Å². The van der Waals surface area contributed by atoms with Gasteiger partial charge in [0.2, 0.25) is 0 Å². The van der Waals surface area contributed by atoms with Gasteiger partial charge in [-0.25, -0.2) is 4.79 Å². The van der Waals surface area contributed by atoms with E-state index in [-0.39, 0.29) is 11.7 Å². The van der Waals surface area contributed by atoms with Crippen LogP contribution < -0.4 is 0 Å². The number of nitrogens with zero attached hydrogens (tertiary/aromatic N) is 1. The van der Waals surface area contributed by atoms with E-state index in [0.717, 1.165) is 70.2 Å². The van der Waals surface area contributed by atoms with Gasteiger partial charge in [0.15, 0.2) is 0 Å². The molecule has 0 N–H and O–H groups in total. The molecule has 0 amide bonds. The molecule has 1 aliphatic heterocycles. The summed E-state index contributed by atoms with van der Waals surface area (Å²) >= 11 is 0. The van der Waals surface area contributed by atoms with Crippen LogP contribution in [0.15, 0.2) is 22.8 Å². The minimum atomic E-state index is -0.493. The standard InChI is InChI=1S/C20H29NO4/c1-23-11-3-2-6-16-7-4-8-17(14-16)19(15-21)20(22)25-13-10-18-9-5-12-24-18/h14,18H,2-13H2,1H3/b19-17-. The van der Waals surface area contributed by atoms with Crippen molar-refractivity contribution in [3.8, 4) is 6.07 Å². The number of hydrogen-bond donors (Lipinski definition) is 0. The summed E-state index contributed by atoms with van der Waals surface area (Å²) in [5, 5.41) is 9.41. The zero-order valence-corrected chi connectivity index (χ0v) is 15.2. The van der Waals surface area contributed by atoms with E-state index in [1.807, 2.05) is 6.08 Å². The predicted octanol–water partition coefficient (Wildman–Crippen LogP) is 3.85. The van der Waals surface area contributed by atoms with Crippen LogP contribution in [0.25, 0.3) is 0 Å². The zero-order chi connectivity index (χ0) is 17.9. The molecule has 2 aliphatic rings. The van der Waals surface area contributed by atoms with Crippen LogP contribution in [-0.2, 0) is 19.0 Å². The Labute approximate surface area is 150 Å². The van der Waals surface area contributed by atoms with Gasteiger partial charge in [-0.15, -0.1) is 0 Å². The molecule has 0 spiro atoms. The molecule has 2 rings (SSSR count). The maximum absolute atomic E-state index is 12.3. The molecule has 5 heteroatoms. The van der Waals surface area contributed by atoms with Gasteiger partial charge in [-0.05, 0) is 56.9 Å². The Hall–Kier alpha value is -1.64. The number of ether oxygens (including phenoxy) is 3. The number of carbonyl (C=O) groups excluding carboxylic acids is 1. The first kappa shape index (κ1) is 19.7. The summed E-state index contributed by atoms with van der Waals surface area (Å²) in [7, 11) is 1.71. The van der Waals surface area contributed by atoms with Gasteiger partial charge in [0.1, 0.15) is 11.6 Å². The van der Waals surface area contributed by atoms with Crippen LogP contribution in [0, 0.1) is 11.3 Å². The van der Waals surface area contributed by atoms with E-state index in [9.17, 15) is 10.1 Å². The number of esters is 1. The molecule has 1 fully saturated rings. The molecule has 25 heavy (non-hydrogen) atoms. The van der Waals surface area contributed by atoms with E-state index < -0.39 is 5.97 Å². The molecule has 0 saturated carbocycles. The summed E-state index contributed by atoms with van der Waals surface area (Å²) in [5.41, 5.74) is 2.32. The molecular weight excluding hydrogens is 318 g/mol. The third-order valence-corrected chi connectivity index (χ3v) is 4.75. The fourth-order valence-electron chi connectivity index (χ4n) is 3.37. The van der Waals surface area contributed by atoms with Gasteiger partial charge in [0, 0.05) is 26.7 Å². The van der Waals surface area contributed by atoms with Crippen molar-refractivity contribution < 1.29 is 19.0 Å². The fourth-order valence-corrected chi connectivity index (χ4v) is 3.37. The quantitative estimate of drug-likeness (QED) is 0.274. The third-order valence-electron chi connectivity index (χ3n) is 4.75. The lowest BCUT2D eigenvalue weighted by atomic mass is 9.90. The van der Waals surface area contributed by atoms with Gasteiger partial charge < -0.3 is 14.2 Å². The van der Waals surface area contributed by atoms with Crippen molar-refractivity contribution in [1.29, 1.82) is 5.26 Å². The van der Waals surface area contributed by atoms with Gasteiger partial charge in [0.05, 0.1) is 12.7 Å². The van der Waals surface area contributed by atoms with Crippen LogP contribution in [0.5, 0.6) is 0 Å². The van der Waals surface area contributed by atoms with E-state index in [0.29, 0.717) is 13.0 Å². The molecule has 0 bridgehead atoms. The van der Waals surface area contributed by atoms with Crippen LogP contribution in [0.4, 0.5) is 0 Å². The number of allylic oxidation sites excluding steroid dienone is 3. The first-order chi connectivity index (χ1) is 12.2. The number of rotatable bonds is 9. The molecule has 1 heterocycles. The molecule has 1 saturated heterocycles. The molecule has 0 aromatic heterocycles. The molecule has 0 radical (unpaired) electrons. The van der Waals surface area contributed by atoms with Crippen molar-refractivity contribution in [1.82, 2.24) is 0 Å². The van der Waals surface area contributed by atoms with Gasteiger partial charge in [-0.2, -0.15) is 5.26 Å². The highest BCUT2D eigenvalue weighted by Gasteiger charge is 2.20. The molecule has 5 nitrogen and oxygen atoms in total. The molecule has 1 atom stereocenters. The van der Waals surface area contributed by atoms with Crippen LogP contribution >= 0.6 is 0 Å². The van der Waals surface area contributed by atoms with Crippen LogP contribution in [0.2, 0.25) is 0 Å². The maximum Gasteiger partial charge on any atom is 0.349 e. The normalized spacial score (nSPS) is 22.2. The molecule has 1 aliphatic carbocycles. The van der Waals surface area contributed by atoms with Crippen LogP contribution in [0.3, 0.4) is 0 Å². The van der Waals surface area contributed by atoms with Crippen molar-refractivity contribution in [2.45, 2.75) is 63.9 Å². The summed E-state index contributed by atoms with van der Waals surface area (Å²) in [6.07, 6.45) is 10.9. The molecule has 1 unspecified atom stereocenters. The highest BCUT2D eigenvalue weighted by atomic mass is 16.5. The SMILES string of the molecule is COCCCCC1=C/C(=C(/C#N)C(=O)OCCC2CCCO2)CCC1. The predicted molar refractivity (Wildman–Crippen MR) is 94.9 cm³/mol. The zero-order valence-electron chi connectivity index (χ0n) is 15.2. The second-order valence-electron chi connectivity index (χ2n) is 6.68. The number of methoxy groups -OCH3 is 1. The minimum Gasteiger partial charge on any atom is -0.461 e. The molecule has 0 aromatic carbocycles. The molecule has 0 aromatic rings. The van der Waals surface area contributed by atoms with Crippen molar-refractivity contribution in [3.05, 3.63) is 22.8 Å². The van der Waals surface area contributed by atoms with Crippen molar-refractivity contribution in [2.24, 2.45) is 0 Å². The lowest BCUT2D eigenvalue weighted by molar-refractivity contribution is -0.139. The van der Waals surface area contributed by atoms with Gasteiger partial charge in [-0.3, -0.25) is 0 Å². The van der Waals surface area contributed by atoms with Gasteiger partial charge in [0.25, 0.3) is 0 Å². The number of unbranched alkanes of at least 4 members (excludes halogenated alkanes) is 1. The van der Waals surface area contributed by atoms with Crippen molar-refractivity contribution >= 4 is 5.97 Å². The summed E-state index contributed by atoms with van der Waals surface area (Å²) in [6.45, 7) is 1.88. The number of hydrogen-bond acceptors (Lipinski definition) is 5. The average molecular weight is 347 g/mol. The third kappa shape index (κ3) is 6.64. The fraction of sp³-hybridized carbons (Fsp3) is 0.700. The monoisotopic (exact) mass is 347 g/mol. The summed E-state index contributed by atoms with van der Waals surface area (Å²) in [4.78, 5) is 12.3. The summed E-state index contributed by atoms with van der Waals surface area (Å²) < 4.78 is 15.9. The molecule has 138 valence electrons. The lowest BCUT2D eigenvalue weighted by Crippen LogP contribution is -2.15. The van der Waals surface area contributed by atoms with Gasteiger partial charge >= 0.3 is 5.97 Å². The highest BCUT2D eigenvalue weighted by Crippen LogP contribution is 2.28. The van der Waals surface area contributed by atoms with Crippen LogP contribution in [0.1, 0.15) is 57.8 Å². The smallest absolute Gasteiger partial charge is 0.349 e. The average Bonchev–Trinajstić information content (AvgIpc) is 3.13. The minimum absolute atomic E-state index is 0.168. The summed E-state index contributed by atoms with van der Waals surface area (Å²) in [5.74, 6) is -0.493. The Morgan fingerprint density at radius 1 is 1.32 bits per heavy atom. The van der Waals surface area contributed by atoms with E-state index in [1.54, 1.807) is 7.11 Å². The largest absolute Gasteiger partial charge is 0.461 e. The van der Waals surface area contributed by atoms with E-state index >= 15 is 0 Å². The van der Waals surface area contributed by atoms with Crippen molar-refractivity contribution in [3.63, 3.8) is 0 Å². The topological polar surface area (TPSA) is 68.5 Å². The maximum atomic E-state index is 12.3.